The van der Waals surface area contributed by atoms with Crippen LogP contribution in [0.25, 0.3) is 0 Å². The van der Waals surface area contributed by atoms with Gasteiger partial charge in [0.25, 0.3) is 0 Å². The smallest absolute Gasteiger partial charge is 0.0313 e. The largest absolute Gasteiger partial charge is 0.399 e. The van der Waals surface area contributed by atoms with Crippen molar-refractivity contribution in [2.45, 2.75) is 6.42 Å². The fourth-order valence-electron chi connectivity index (χ4n) is 1.21. The highest BCUT2D eigenvalue weighted by Gasteiger charge is 2.18. The summed E-state index contributed by atoms with van der Waals surface area (Å²) in [6.45, 7) is 0. The van der Waals surface area contributed by atoms with Crippen LogP contribution < -0.4 is 5.73 Å². The molecular formula is C8H9N. The molecule has 1 atom stereocenters. The summed E-state index contributed by atoms with van der Waals surface area (Å²) in [7, 11) is 0. The molecule has 0 aromatic rings. The molecule has 0 aliphatic heterocycles. The van der Waals surface area contributed by atoms with Gasteiger partial charge < -0.3 is 5.73 Å². The van der Waals surface area contributed by atoms with Crippen LogP contribution >= 0.6 is 0 Å². The zero-order valence-corrected chi connectivity index (χ0v) is 5.17. The molecule has 0 saturated heterocycles. The fourth-order valence-corrected chi connectivity index (χ4v) is 1.21. The van der Waals surface area contributed by atoms with Gasteiger partial charge in [0.1, 0.15) is 0 Å². The molecule has 1 unspecified atom stereocenters. The summed E-state index contributed by atoms with van der Waals surface area (Å²) in [4.78, 5) is 0. The molecule has 2 N–H and O–H groups in total. The van der Waals surface area contributed by atoms with E-state index in [0.29, 0.717) is 5.92 Å². The Balaban J connectivity index is 2.36. The van der Waals surface area contributed by atoms with E-state index in [1.165, 1.54) is 12.0 Å². The topological polar surface area (TPSA) is 26.0 Å². The zero-order valence-electron chi connectivity index (χ0n) is 5.17. The maximum atomic E-state index is 5.55. The molecule has 2 aliphatic rings. The molecule has 0 heterocycles. The predicted octanol–water partition coefficient (Wildman–Crippen LogP) is 1.35. The van der Waals surface area contributed by atoms with Gasteiger partial charge in [-0.05, 0) is 24.1 Å². The molecule has 2 rings (SSSR count). The Kier molecular flexibility index (Phi) is 0.810. The first kappa shape index (κ1) is 4.86. The second-order valence-electron chi connectivity index (χ2n) is 2.55. The van der Waals surface area contributed by atoms with Crippen LogP contribution in [-0.4, -0.2) is 0 Å². The van der Waals surface area contributed by atoms with Gasteiger partial charge in [-0.15, -0.1) is 0 Å². The van der Waals surface area contributed by atoms with Gasteiger partial charge in [-0.1, -0.05) is 12.2 Å². The van der Waals surface area contributed by atoms with E-state index < -0.39 is 0 Å². The number of hydrogen-bond acceptors (Lipinski definition) is 1. The Bertz CT molecular complexity index is 221. The summed E-state index contributed by atoms with van der Waals surface area (Å²) in [5.41, 5.74) is 7.84. The first-order chi connectivity index (χ1) is 4.36. The highest BCUT2D eigenvalue weighted by Crippen LogP contribution is 2.32. The van der Waals surface area contributed by atoms with Crippen LogP contribution in [0.15, 0.2) is 35.6 Å². The third kappa shape index (κ3) is 0.611. The molecule has 0 bridgehead atoms. The highest BCUT2D eigenvalue weighted by molar-refractivity contribution is 5.42. The minimum Gasteiger partial charge on any atom is -0.399 e. The number of nitrogens with two attached hydrogens (primary N) is 1. The predicted molar refractivity (Wildman–Crippen MR) is 37.6 cm³/mol. The van der Waals surface area contributed by atoms with Crippen molar-refractivity contribution in [1.29, 1.82) is 0 Å². The van der Waals surface area contributed by atoms with Gasteiger partial charge in [0, 0.05) is 11.6 Å². The van der Waals surface area contributed by atoms with Crippen molar-refractivity contribution in [3.8, 4) is 0 Å². The van der Waals surface area contributed by atoms with E-state index in [-0.39, 0.29) is 0 Å². The standard InChI is InChI=1S/C8H9N/c9-8-4-3-6-1-2-7(6)5-8/h2-6H,1,9H2. The molecule has 0 amide bonds. The molecule has 1 heteroatoms. The SMILES string of the molecule is NC1=CC2=CCC2C=C1. The molecule has 46 valence electrons. The minimum atomic E-state index is 0.692. The lowest BCUT2D eigenvalue weighted by atomic mass is 9.81. The van der Waals surface area contributed by atoms with Crippen LogP contribution in [0, 0.1) is 5.92 Å². The summed E-state index contributed by atoms with van der Waals surface area (Å²) in [5, 5.41) is 0. The van der Waals surface area contributed by atoms with Gasteiger partial charge >= 0.3 is 0 Å². The van der Waals surface area contributed by atoms with Gasteiger partial charge in [0.05, 0.1) is 0 Å². The molecule has 0 spiro atoms. The van der Waals surface area contributed by atoms with Crippen LogP contribution in [0.3, 0.4) is 0 Å². The van der Waals surface area contributed by atoms with E-state index in [4.69, 9.17) is 5.73 Å². The molecule has 2 aliphatic carbocycles. The van der Waals surface area contributed by atoms with Crippen molar-refractivity contribution in [2.75, 3.05) is 0 Å². The van der Waals surface area contributed by atoms with Crippen molar-refractivity contribution < 1.29 is 0 Å². The highest BCUT2D eigenvalue weighted by atomic mass is 14.6. The quantitative estimate of drug-likeness (QED) is 0.511. The summed E-state index contributed by atoms with van der Waals surface area (Å²) < 4.78 is 0. The molecule has 9 heavy (non-hydrogen) atoms. The number of allylic oxidation sites excluding steroid dienone is 5. The summed E-state index contributed by atoms with van der Waals surface area (Å²) in [5.74, 6) is 0.692. The van der Waals surface area contributed by atoms with Crippen LogP contribution in [0.5, 0.6) is 0 Å². The normalized spacial score (nSPS) is 30.0. The summed E-state index contributed by atoms with van der Waals surface area (Å²) >= 11 is 0. The fraction of sp³-hybridized carbons (Fsp3) is 0.250. The number of hydrogen-bond donors (Lipinski definition) is 1. The van der Waals surface area contributed by atoms with Crippen LogP contribution in [-0.2, 0) is 0 Å². The third-order valence-corrected chi connectivity index (χ3v) is 1.89. The Labute approximate surface area is 54.6 Å². The first-order valence-electron chi connectivity index (χ1n) is 3.22. The van der Waals surface area contributed by atoms with E-state index in [1.54, 1.807) is 0 Å². The Morgan fingerprint density at radius 3 is 2.89 bits per heavy atom. The van der Waals surface area contributed by atoms with Crippen molar-refractivity contribution in [1.82, 2.24) is 0 Å². The second kappa shape index (κ2) is 1.50. The third-order valence-electron chi connectivity index (χ3n) is 1.89. The van der Waals surface area contributed by atoms with Crippen molar-refractivity contribution in [3.63, 3.8) is 0 Å². The molecular weight excluding hydrogens is 110 g/mol. The molecule has 0 aromatic carbocycles. The Hall–Kier alpha value is -0.980. The van der Waals surface area contributed by atoms with Crippen molar-refractivity contribution in [3.05, 3.63) is 35.6 Å². The van der Waals surface area contributed by atoms with E-state index in [1.807, 2.05) is 12.2 Å². The van der Waals surface area contributed by atoms with Crippen molar-refractivity contribution >= 4 is 0 Å². The Morgan fingerprint density at radius 2 is 2.44 bits per heavy atom. The lowest BCUT2D eigenvalue weighted by molar-refractivity contribution is 0.707. The van der Waals surface area contributed by atoms with E-state index in [0.717, 1.165) is 5.70 Å². The van der Waals surface area contributed by atoms with E-state index in [2.05, 4.69) is 12.2 Å². The van der Waals surface area contributed by atoms with E-state index in [9.17, 15) is 0 Å². The van der Waals surface area contributed by atoms with E-state index >= 15 is 0 Å². The minimum absolute atomic E-state index is 0.692. The first-order valence-corrected chi connectivity index (χ1v) is 3.22. The Morgan fingerprint density at radius 1 is 1.56 bits per heavy atom. The zero-order chi connectivity index (χ0) is 6.27. The average molecular weight is 119 g/mol. The van der Waals surface area contributed by atoms with Gasteiger partial charge in [-0.25, -0.2) is 0 Å². The second-order valence-corrected chi connectivity index (χ2v) is 2.55. The van der Waals surface area contributed by atoms with Gasteiger partial charge in [-0.3, -0.25) is 0 Å². The number of fused-ring (bicyclic) bond motifs is 1. The maximum absolute atomic E-state index is 5.55. The van der Waals surface area contributed by atoms with Gasteiger partial charge in [0.15, 0.2) is 0 Å². The maximum Gasteiger partial charge on any atom is 0.0313 e. The lowest BCUT2D eigenvalue weighted by Crippen LogP contribution is -2.13. The molecule has 1 nitrogen and oxygen atoms in total. The van der Waals surface area contributed by atoms with Crippen LogP contribution in [0.1, 0.15) is 6.42 Å². The average Bonchev–Trinajstić information content (AvgIpc) is 1.78. The summed E-state index contributed by atoms with van der Waals surface area (Å²) in [6, 6.07) is 0. The van der Waals surface area contributed by atoms with Crippen LogP contribution in [0.2, 0.25) is 0 Å². The molecule has 0 fully saturated rings. The van der Waals surface area contributed by atoms with Gasteiger partial charge in [0.2, 0.25) is 0 Å². The molecule has 0 radical (unpaired) electrons. The lowest BCUT2D eigenvalue weighted by Gasteiger charge is -2.24. The molecule has 0 saturated carbocycles. The van der Waals surface area contributed by atoms with Crippen LogP contribution in [0.4, 0.5) is 0 Å². The van der Waals surface area contributed by atoms with Crippen molar-refractivity contribution in [2.24, 2.45) is 11.7 Å². The van der Waals surface area contributed by atoms with Gasteiger partial charge in [-0.2, -0.15) is 0 Å². The summed E-state index contributed by atoms with van der Waals surface area (Å²) in [6.07, 6.45) is 9.64. The molecule has 0 aromatic heterocycles. The monoisotopic (exact) mass is 119 g/mol. The number of rotatable bonds is 0.